The molecular formula is C32H52O3. The molecule has 5 aliphatic carbocycles. The summed E-state index contributed by atoms with van der Waals surface area (Å²) in [6.45, 7) is 21.5. The van der Waals surface area contributed by atoms with Crippen LogP contribution in [0.4, 0.5) is 0 Å². The third kappa shape index (κ3) is 3.34. The topological polar surface area (TPSA) is 46.5 Å². The van der Waals surface area contributed by atoms with Gasteiger partial charge in [-0.25, -0.2) is 0 Å². The zero-order valence-corrected chi connectivity index (χ0v) is 23.7. The molecule has 3 nitrogen and oxygen atoms in total. The molecule has 0 aromatic rings. The third-order valence-corrected chi connectivity index (χ3v) is 13.8. The summed E-state index contributed by atoms with van der Waals surface area (Å²) in [5.41, 5.74) is 2.45. The number of ether oxygens (including phenoxy) is 1. The molecule has 0 saturated heterocycles. The van der Waals surface area contributed by atoms with Crippen LogP contribution >= 0.6 is 0 Å². The lowest BCUT2D eigenvalue weighted by Gasteiger charge is -2.73. The number of carbonyl (C=O) groups excluding carboxylic acids is 1. The van der Waals surface area contributed by atoms with Crippen LogP contribution < -0.4 is 0 Å². The van der Waals surface area contributed by atoms with Crippen LogP contribution in [-0.4, -0.2) is 23.8 Å². The van der Waals surface area contributed by atoms with Crippen molar-refractivity contribution in [1.82, 2.24) is 0 Å². The summed E-state index contributed by atoms with van der Waals surface area (Å²) in [4.78, 5) is 11.9. The van der Waals surface area contributed by atoms with E-state index >= 15 is 0 Å². The van der Waals surface area contributed by atoms with Crippen LogP contribution in [0.25, 0.3) is 0 Å². The van der Waals surface area contributed by atoms with Crippen molar-refractivity contribution in [1.29, 1.82) is 0 Å². The Morgan fingerprint density at radius 2 is 1.57 bits per heavy atom. The fourth-order valence-electron chi connectivity index (χ4n) is 11.8. The second kappa shape index (κ2) is 8.08. The van der Waals surface area contributed by atoms with Gasteiger partial charge in [-0.1, -0.05) is 46.8 Å². The Bertz CT molecular complexity index is 891. The number of fused-ring (bicyclic) bond motifs is 7. The van der Waals surface area contributed by atoms with Gasteiger partial charge in [0.2, 0.25) is 0 Å². The smallest absolute Gasteiger partial charge is 0.302 e. The lowest BCUT2D eigenvalue weighted by atomic mass is 9.32. The molecule has 35 heavy (non-hydrogen) atoms. The summed E-state index contributed by atoms with van der Waals surface area (Å²) >= 11 is 0. The number of aliphatic hydroxyl groups excluding tert-OH is 1. The zero-order valence-electron chi connectivity index (χ0n) is 23.7. The van der Waals surface area contributed by atoms with E-state index in [0.717, 1.165) is 12.3 Å². The molecule has 0 aliphatic heterocycles. The molecule has 10 atom stereocenters. The van der Waals surface area contributed by atoms with E-state index in [2.05, 4.69) is 48.1 Å². The maximum Gasteiger partial charge on any atom is 0.302 e. The molecule has 5 rings (SSSR count). The maximum atomic E-state index is 11.9. The lowest BCUT2D eigenvalue weighted by molar-refractivity contribution is -0.249. The molecule has 198 valence electrons. The Morgan fingerprint density at radius 3 is 2.23 bits per heavy atom. The van der Waals surface area contributed by atoms with Crippen LogP contribution in [-0.2, 0) is 9.53 Å². The average molecular weight is 485 g/mol. The van der Waals surface area contributed by atoms with E-state index in [9.17, 15) is 9.90 Å². The Balaban J connectivity index is 1.53. The Kier molecular flexibility index (Phi) is 5.96. The van der Waals surface area contributed by atoms with Crippen LogP contribution in [0.2, 0.25) is 0 Å². The molecule has 0 unspecified atom stereocenters. The molecule has 5 saturated carbocycles. The van der Waals surface area contributed by atoms with Crippen LogP contribution in [0.3, 0.4) is 0 Å². The number of carbonyl (C=O) groups is 1. The van der Waals surface area contributed by atoms with Crippen LogP contribution in [0, 0.1) is 56.7 Å². The Labute approximate surface area is 214 Å². The van der Waals surface area contributed by atoms with Crippen molar-refractivity contribution in [3.05, 3.63) is 12.2 Å². The monoisotopic (exact) mass is 484 g/mol. The predicted molar refractivity (Wildman–Crippen MR) is 142 cm³/mol. The van der Waals surface area contributed by atoms with E-state index < -0.39 is 0 Å². The SMILES string of the molecule is C=C(C)[C@@H]1CC[C@]2(COC(C)=O)CC[C@]3(C)[C@H](CC[C@H]4[C@@]5(C)CC[C@H](O)C(C)(C)[C@@H]5CC[C@]43C)[C@@H]12. The van der Waals surface area contributed by atoms with Gasteiger partial charge in [0.1, 0.15) is 0 Å². The largest absolute Gasteiger partial charge is 0.465 e. The number of aliphatic hydroxyl groups is 1. The summed E-state index contributed by atoms with van der Waals surface area (Å²) in [7, 11) is 0. The molecule has 0 aromatic heterocycles. The van der Waals surface area contributed by atoms with Crippen LogP contribution in [0.5, 0.6) is 0 Å². The molecule has 5 aliphatic rings. The summed E-state index contributed by atoms with van der Waals surface area (Å²) in [6, 6.07) is 0. The summed E-state index contributed by atoms with van der Waals surface area (Å²) in [6.07, 6.45) is 12.0. The molecular weight excluding hydrogens is 432 g/mol. The van der Waals surface area contributed by atoms with Gasteiger partial charge >= 0.3 is 5.97 Å². The van der Waals surface area contributed by atoms with Gasteiger partial charge in [-0.05, 0) is 122 Å². The molecule has 0 bridgehead atoms. The van der Waals surface area contributed by atoms with E-state index in [4.69, 9.17) is 4.74 Å². The van der Waals surface area contributed by atoms with Crippen molar-refractivity contribution in [2.24, 2.45) is 56.7 Å². The highest BCUT2D eigenvalue weighted by Gasteiger charge is 2.70. The number of esters is 1. The fraction of sp³-hybridized carbons (Fsp3) is 0.906. The highest BCUT2D eigenvalue weighted by atomic mass is 16.5. The number of hydrogen-bond donors (Lipinski definition) is 1. The standard InChI is InChI=1S/C32H52O3/c1-20(2)22-11-16-32(19-35-21(3)33)18-17-30(7)23(27(22)32)9-10-25-29(6)14-13-26(34)28(4,5)24(29)12-15-31(25,30)8/h22-27,34H,1,9-19H2,2-8H3/t22-,23+,24-,25-,26-,27+,29-,30+,31+,32+/m0/s1. The number of hydrogen-bond acceptors (Lipinski definition) is 3. The average Bonchev–Trinajstić information content (AvgIpc) is 3.16. The van der Waals surface area contributed by atoms with Gasteiger partial charge < -0.3 is 9.84 Å². The van der Waals surface area contributed by atoms with E-state index in [1.54, 1.807) is 6.92 Å². The molecule has 0 heterocycles. The molecule has 1 N–H and O–H groups in total. The number of rotatable bonds is 3. The van der Waals surface area contributed by atoms with Crippen molar-refractivity contribution in [2.75, 3.05) is 6.61 Å². The zero-order chi connectivity index (χ0) is 25.6. The van der Waals surface area contributed by atoms with Crippen molar-refractivity contribution in [3.8, 4) is 0 Å². The van der Waals surface area contributed by atoms with Gasteiger partial charge in [-0.15, -0.1) is 0 Å². The fourth-order valence-corrected chi connectivity index (χ4v) is 11.8. The molecule has 0 radical (unpaired) electrons. The van der Waals surface area contributed by atoms with Crippen LogP contribution in [0.15, 0.2) is 12.2 Å². The van der Waals surface area contributed by atoms with Gasteiger partial charge in [-0.3, -0.25) is 4.79 Å². The molecule has 0 aromatic carbocycles. The van der Waals surface area contributed by atoms with E-state index in [0.29, 0.717) is 46.5 Å². The minimum atomic E-state index is -0.164. The minimum absolute atomic E-state index is 0.00826. The summed E-state index contributed by atoms with van der Waals surface area (Å²) in [5, 5.41) is 10.9. The highest BCUT2D eigenvalue weighted by Crippen LogP contribution is 2.77. The van der Waals surface area contributed by atoms with E-state index in [1.165, 1.54) is 63.4 Å². The molecule has 0 amide bonds. The van der Waals surface area contributed by atoms with Gasteiger partial charge in [0.25, 0.3) is 0 Å². The van der Waals surface area contributed by atoms with Crippen molar-refractivity contribution >= 4 is 5.97 Å². The minimum Gasteiger partial charge on any atom is -0.465 e. The molecule has 5 fully saturated rings. The first-order chi connectivity index (χ1) is 16.2. The lowest BCUT2D eigenvalue weighted by Crippen LogP contribution is -2.66. The Morgan fingerprint density at radius 1 is 0.857 bits per heavy atom. The Hall–Kier alpha value is -0.830. The predicted octanol–water partition coefficient (Wildman–Crippen LogP) is 7.57. The van der Waals surface area contributed by atoms with E-state index in [-0.39, 0.29) is 22.9 Å². The van der Waals surface area contributed by atoms with Crippen LogP contribution in [0.1, 0.15) is 113 Å². The van der Waals surface area contributed by atoms with Crippen molar-refractivity contribution in [3.63, 3.8) is 0 Å². The molecule has 3 heteroatoms. The first-order valence-electron chi connectivity index (χ1n) is 14.7. The third-order valence-electron chi connectivity index (χ3n) is 13.8. The first kappa shape index (κ1) is 25.8. The summed E-state index contributed by atoms with van der Waals surface area (Å²) < 4.78 is 5.79. The van der Waals surface area contributed by atoms with Gasteiger partial charge in [0.15, 0.2) is 0 Å². The van der Waals surface area contributed by atoms with Gasteiger partial charge in [-0.2, -0.15) is 0 Å². The van der Waals surface area contributed by atoms with Crippen molar-refractivity contribution in [2.45, 2.75) is 119 Å². The summed E-state index contributed by atoms with van der Waals surface area (Å²) in [5.74, 6) is 3.04. The van der Waals surface area contributed by atoms with Crippen molar-refractivity contribution < 1.29 is 14.6 Å². The highest BCUT2D eigenvalue weighted by molar-refractivity contribution is 5.65. The second-order valence-electron chi connectivity index (χ2n) is 15.2. The van der Waals surface area contributed by atoms with Gasteiger partial charge in [0.05, 0.1) is 12.7 Å². The first-order valence-corrected chi connectivity index (χ1v) is 14.7. The second-order valence-corrected chi connectivity index (χ2v) is 15.2. The quantitative estimate of drug-likeness (QED) is 0.332. The normalized spacial score (nSPS) is 52.5. The van der Waals surface area contributed by atoms with Gasteiger partial charge in [0, 0.05) is 12.3 Å². The molecule has 0 spiro atoms. The number of allylic oxidation sites excluding steroid dienone is 1. The maximum absolute atomic E-state index is 11.9. The van der Waals surface area contributed by atoms with E-state index in [1.807, 2.05) is 0 Å².